The maximum Gasteiger partial charge on any atom is 0.250 e. The summed E-state index contributed by atoms with van der Waals surface area (Å²) in [6, 6.07) is 15.4. The summed E-state index contributed by atoms with van der Waals surface area (Å²) in [5.41, 5.74) is 0. The Morgan fingerprint density at radius 2 is 0.773 bits per heavy atom. The Morgan fingerprint density at radius 1 is 0.545 bits per heavy atom. The van der Waals surface area contributed by atoms with Gasteiger partial charge in [0, 0.05) is 0 Å². The second kappa shape index (κ2) is 8.77. The standard InChI is InChI=1S/C18H34O2Si2/c1-7-21(8-2,9-3)19-17-13-15-18(16-14-17)20-22(10-4,11-5)12-6/h13-16H,7-12H2,1-6H3. The molecule has 1 aromatic rings. The molecule has 126 valence electrons. The minimum absolute atomic E-state index is 1.02. The number of hydrogen-bond acceptors (Lipinski definition) is 2. The predicted molar refractivity (Wildman–Crippen MR) is 102 cm³/mol. The van der Waals surface area contributed by atoms with Gasteiger partial charge in [0.2, 0.25) is 16.6 Å². The molecule has 0 radical (unpaired) electrons. The van der Waals surface area contributed by atoms with Crippen molar-refractivity contribution in [3.8, 4) is 11.5 Å². The first-order valence-corrected chi connectivity index (χ1v) is 14.1. The summed E-state index contributed by atoms with van der Waals surface area (Å²) in [6.45, 7) is 13.6. The van der Waals surface area contributed by atoms with Crippen LogP contribution in [-0.2, 0) is 0 Å². The molecule has 4 heteroatoms. The summed E-state index contributed by atoms with van der Waals surface area (Å²) in [5.74, 6) is 2.03. The van der Waals surface area contributed by atoms with Crippen LogP contribution in [0.5, 0.6) is 11.5 Å². The average Bonchev–Trinajstić information content (AvgIpc) is 2.59. The smallest absolute Gasteiger partial charge is 0.250 e. The quantitative estimate of drug-likeness (QED) is 0.456. The van der Waals surface area contributed by atoms with Gasteiger partial charge in [0.05, 0.1) is 0 Å². The summed E-state index contributed by atoms with van der Waals surface area (Å²) in [4.78, 5) is 0. The van der Waals surface area contributed by atoms with E-state index in [2.05, 4.69) is 65.8 Å². The highest BCUT2D eigenvalue weighted by atomic mass is 28.4. The van der Waals surface area contributed by atoms with Gasteiger partial charge in [-0.05, 0) is 60.5 Å². The fourth-order valence-electron chi connectivity index (χ4n) is 3.01. The zero-order valence-corrected chi connectivity index (χ0v) is 17.4. The van der Waals surface area contributed by atoms with E-state index in [1.54, 1.807) is 0 Å². The van der Waals surface area contributed by atoms with E-state index >= 15 is 0 Å². The van der Waals surface area contributed by atoms with Gasteiger partial charge in [-0.2, -0.15) is 0 Å². The summed E-state index contributed by atoms with van der Waals surface area (Å²) < 4.78 is 12.8. The molecule has 0 heterocycles. The van der Waals surface area contributed by atoms with Crippen molar-refractivity contribution in [3.63, 3.8) is 0 Å². The number of hydrogen-bond donors (Lipinski definition) is 0. The Morgan fingerprint density at radius 3 is 0.955 bits per heavy atom. The second-order valence-corrected chi connectivity index (χ2v) is 15.5. The number of rotatable bonds is 10. The van der Waals surface area contributed by atoms with Crippen LogP contribution in [0, 0.1) is 0 Å². The Labute approximate surface area is 139 Å². The summed E-state index contributed by atoms with van der Waals surface area (Å²) >= 11 is 0. The van der Waals surface area contributed by atoms with Crippen molar-refractivity contribution < 1.29 is 8.85 Å². The van der Waals surface area contributed by atoms with Gasteiger partial charge in [0.15, 0.2) is 0 Å². The lowest BCUT2D eigenvalue weighted by atomic mass is 10.3. The van der Waals surface area contributed by atoms with Gasteiger partial charge in [0.25, 0.3) is 0 Å². The molecule has 0 saturated heterocycles. The van der Waals surface area contributed by atoms with E-state index in [-0.39, 0.29) is 0 Å². The molecule has 0 aliphatic rings. The van der Waals surface area contributed by atoms with E-state index in [0.29, 0.717) is 0 Å². The van der Waals surface area contributed by atoms with Crippen LogP contribution in [0.4, 0.5) is 0 Å². The van der Waals surface area contributed by atoms with Crippen molar-refractivity contribution in [3.05, 3.63) is 24.3 Å². The maximum absolute atomic E-state index is 6.41. The molecule has 1 aromatic carbocycles. The fourth-order valence-corrected chi connectivity index (χ4v) is 8.15. The van der Waals surface area contributed by atoms with E-state index in [9.17, 15) is 0 Å². The highest BCUT2D eigenvalue weighted by molar-refractivity contribution is 6.74. The Kier molecular flexibility index (Phi) is 7.70. The lowest BCUT2D eigenvalue weighted by molar-refractivity contribution is 0.518. The molecule has 1 rings (SSSR count). The molecular formula is C18H34O2Si2. The molecule has 0 aromatic heterocycles. The minimum atomic E-state index is -1.58. The third kappa shape index (κ3) is 4.62. The van der Waals surface area contributed by atoms with Crippen molar-refractivity contribution in [2.24, 2.45) is 0 Å². The Balaban J connectivity index is 2.82. The molecule has 0 unspecified atom stereocenters. The van der Waals surface area contributed by atoms with Crippen molar-refractivity contribution >= 4 is 16.6 Å². The maximum atomic E-state index is 6.41. The first-order valence-electron chi connectivity index (χ1n) is 9.00. The van der Waals surface area contributed by atoms with Gasteiger partial charge in [-0.3, -0.25) is 0 Å². The molecule has 0 atom stereocenters. The lowest BCUT2D eigenvalue weighted by Crippen LogP contribution is -2.39. The summed E-state index contributed by atoms with van der Waals surface area (Å²) in [6.07, 6.45) is 0. The van der Waals surface area contributed by atoms with Crippen molar-refractivity contribution in [2.45, 2.75) is 77.8 Å². The first kappa shape index (κ1) is 19.3. The fraction of sp³-hybridized carbons (Fsp3) is 0.667. The van der Waals surface area contributed by atoms with Crippen LogP contribution < -0.4 is 8.85 Å². The molecule has 22 heavy (non-hydrogen) atoms. The van der Waals surface area contributed by atoms with Crippen LogP contribution in [-0.4, -0.2) is 16.6 Å². The van der Waals surface area contributed by atoms with Crippen LogP contribution in [0.1, 0.15) is 41.5 Å². The topological polar surface area (TPSA) is 18.5 Å². The van der Waals surface area contributed by atoms with Crippen LogP contribution in [0.15, 0.2) is 24.3 Å². The Hall–Kier alpha value is -0.746. The Bertz CT molecular complexity index is 366. The third-order valence-electron chi connectivity index (χ3n) is 5.36. The highest BCUT2D eigenvalue weighted by Crippen LogP contribution is 2.29. The van der Waals surface area contributed by atoms with E-state index in [4.69, 9.17) is 8.85 Å². The lowest BCUT2D eigenvalue weighted by Gasteiger charge is -2.30. The summed E-state index contributed by atoms with van der Waals surface area (Å²) in [5, 5.41) is 0. The molecule has 0 aliphatic heterocycles. The van der Waals surface area contributed by atoms with Gasteiger partial charge in [-0.25, -0.2) is 0 Å². The van der Waals surface area contributed by atoms with Crippen LogP contribution >= 0.6 is 0 Å². The molecule has 2 nitrogen and oxygen atoms in total. The predicted octanol–water partition coefficient (Wildman–Crippen LogP) is 6.45. The molecule has 0 saturated carbocycles. The molecule has 0 aliphatic carbocycles. The van der Waals surface area contributed by atoms with Crippen LogP contribution in [0.2, 0.25) is 36.3 Å². The SMILES string of the molecule is CC[Si](CC)(CC)Oc1ccc(O[Si](CC)(CC)CC)cc1. The number of benzene rings is 1. The van der Waals surface area contributed by atoms with Crippen molar-refractivity contribution in [1.29, 1.82) is 0 Å². The van der Waals surface area contributed by atoms with Crippen molar-refractivity contribution in [2.75, 3.05) is 0 Å². The second-order valence-electron chi connectivity index (χ2n) is 6.16. The van der Waals surface area contributed by atoms with Gasteiger partial charge in [-0.15, -0.1) is 0 Å². The monoisotopic (exact) mass is 338 g/mol. The van der Waals surface area contributed by atoms with E-state index in [1.165, 1.54) is 36.3 Å². The normalized spacial score (nSPS) is 12.3. The highest BCUT2D eigenvalue weighted by Gasteiger charge is 2.32. The van der Waals surface area contributed by atoms with E-state index < -0.39 is 16.6 Å². The van der Waals surface area contributed by atoms with Crippen LogP contribution in [0.25, 0.3) is 0 Å². The van der Waals surface area contributed by atoms with E-state index in [1.807, 2.05) is 0 Å². The third-order valence-corrected chi connectivity index (χ3v) is 14.4. The zero-order valence-electron chi connectivity index (χ0n) is 15.4. The van der Waals surface area contributed by atoms with Crippen LogP contribution in [0.3, 0.4) is 0 Å². The van der Waals surface area contributed by atoms with Gasteiger partial charge in [0.1, 0.15) is 11.5 Å². The average molecular weight is 339 g/mol. The largest absolute Gasteiger partial charge is 0.544 e. The summed E-state index contributed by atoms with van der Waals surface area (Å²) in [7, 11) is -3.15. The minimum Gasteiger partial charge on any atom is -0.544 e. The molecule has 0 spiro atoms. The van der Waals surface area contributed by atoms with Crippen molar-refractivity contribution in [1.82, 2.24) is 0 Å². The molecular weight excluding hydrogens is 304 g/mol. The molecule has 0 bridgehead atoms. The van der Waals surface area contributed by atoms with Gasteiger partial charge < -0.3 is 8.85 Å². The van der Waals surface area contributed by atoms with E-state index in [0.717, 1.165) is 11.5 Å². The molecule has 0 amide bonds. The molecule has 0 fully saturated rings. The van der Waals surface area contributed by atoms with Gasteiger partial charge in [-0.1, -0.05) is 41.5 Å². The molecule has 0 N–H and O–H groups in total. The first-order chi connectivity index (χ1) is 10.5. The van der Waals surface area contributed by atoms with Gasteiger partial charge >= 0.3 is 0 Å². The zero-order chi connectivity index (χ0) is 16.6.